The molecule has 1 aliphatic heterocycles. The van der Waals surface area contributed by atoms with E-state index in [4.69, 9.17) is 0 Å². The summed E-state index contributed by atoms with van der Waals surface area (Å²) in [4.78, 5) is 6.67. The molecule has 0 amide bonds. The first kappa shape index (κ1) is 11.8. The van der Waals surface area contributed by atoms with Crippen molar-refractivity contribution in [2.45, 2.75) is 26.7 Å². The molecule has 1 N–H and O–H groups in total. The Morgan fingerprint density at radius 1 is 1.20 bits per heavy atom. The number of nitrogens with one attached hydrogen (secondary N) is 1. The van der Waals surface area contributed by atoms with Gasteiger partial charge in [-0.1, -0.05) is 13.8 Å². The smallest absolute Gasteiger partial charge is 0.125 e. The number of aromatic nitrogens is 1. The average Bonchev–Trinajstić information content (AvgIpc) is 2.85. The summed E-state index contributed by atoms with van der Waals surface area (Å²) in [6.07, 6.45) is 4.57. The summed E-state index contributed by atoms with van der Waals surface area (Å²) in [7, 11) is 1.89. The summed E-state index contributed by atoms with van der Waals surface area (Å²) in [6, 6.07) is 4.15. The van der Waals surface area contributed by atoms with E-state index in [0.717, 1.165) is 5.82 Å². The second-order valence-electron chi connectivity index (χ2n) is 3.35. The molecule has 84 valence electrons. The van der Waals surface area contributed by atoms with Crippen LogP contribution in [0.4, 0.5) is 11.5 Å². The molecule has 3 nitrogen and oxygen atoms in total. The van der Waals surface area contributed by atoms with Gasteiger partial charge in [0, 0.05) is 20.1 Å². The number of hydrogen-bond donors (Lipinski definition) is 1. The van der Waals surface area contributed by atoms with Crippen LogP contribution in [0.3, 0.4) is 0 Å². The molecule has 1 aliphatic rings. The highest BCUT2D eigenvalue weighted by Gasteiger charge is 2.11. The van der Waals surface area contributed by atoms with Crippen molar-refractivity contribution in [3.05, 3.63) is 18.3 Å². The van der Waals surface area contributed by atoms with Crippen molar-refractivity contribution in [2.24, 2.45) is 0 Å². The maximum atomic E-state index is 4.29. The quantitative estimate of drug-likeness (QED) is 0.808. The molecule has 0 saturated carbocycles. The van der Waals surface area contributed by atoms with Crippen LogP contribution in [0.2, 0.25) is 0 Å². The summed E-state index contributed by atoms with van der Waals surface area (Å²) in [5.74, 6) is 0.933. The fourth-order valence-electron chi connectivity index (χ4n) is 1.70. The van der Waals surface area contributed by atoms with Crippen LogP contribution < -0.4 is 10.2 Å². The van der Waals surface area contributed by atoms with Crippen molar-refractivity contribution >= 4 is 11.5 Å². The van der Waals surface area contributed by atoms with E-state index >= 15 is 0 Å². The molecule has 1 saturated heterocycles. The van der Waals surface area contributed by atoms with Crippen LogP contribution in [0.15, 0.2) is 18.3 Å². The van der Waals surface area contributed by atoms with Crippen LogP contribution in [0, 0.1) is 0 Å². The molecule has 1 fully saturated rings. The topological polar surface area (TPSA) is 28.2 Å². The molecule has 0 atom stereocenters. The lowest BCUT2D eigenvalue weighted by molar-refractivity contribution is 0.949. The highest BCUT2D eigenvalue weighted by Crippen LogP contribution is 2.19. The first-order chi connectivity index (χ1) is 7.40. The Hall–Kier alpha value is -1.25. The van der Waals surface area contributed by atoms with Crippen molar-refractivity contribution in [1.29, 1.82) is 0 Å². The molecule has 0 radical (unpaired) electrons. The van der Waals surface area contributed by atoms with Crippen LogP contribution in [-0.2, 0) is 0 Å². The van der Waals surface area contributed by atoms with E-state index in [1.54, 1.807) is 0 Å². The number of nitrogens with zero attached hydrogens (tertiary/aromatic N) is 2. The Morgan fingerprint density at radius 2 is 1.87 bits per heavy atom. The van der Waals surface area contributed by atoms with Crippen LogP contribution in [0.25, 0.3) is 0 Å². The zero-order valence-electron chi connectivity index (χ0n) is 9.95. The van der Waals surface area contributed by atoms with Crippen LogP contribution in [-0.4, -0.2) is 25.1 Å². The fourth-order valence-corrected chi connectivity index (χ4v) is 1.70. The second kappa shape index (κ2) is 6.27. The molecule has 3 heteroatoms. The van der Waals surface area contributed by atoms with E-state index in [1.807, 2.05) is 33.2 Å². The SMILES string of the molecule is CC.CNc1ccc(N2CCCC2)cn1. The van der Waals surface area contributed by atoms with Crippen molar-refractivity contribution in [3.63, 3.8) is 0 Å². The van der Waals surface area contributed by atoms with E-state index in [2.05, 4.69) is 21.3 Å². The fraction of sp³-hybridized carbons (Fsp3) is 0.583. The third-order valence-electron chi connectivity index (χ3n) is 2.48. The predicted octanol–water partition coefficient (Wildman–Crippen LogP) is 2.75. The average molecular weight is 207 g/mol. The molecular weight excluding hydrogens is 186 g/mol. The second-order valence-corrected chi connectivity index (χ2v) is 3.35. The standard InChI is InChI=1S/C10H15N3.C2H6/c1-11-10-5-4-9(8-12-10)13-6-2-3-7-13;1-2/h4-5,8H,2-3,6-7H2,1H3,(H,11,12);1-2H3. The van der Waals surface area contributed by atoms with Gasteiger partial charge in [0.15, 0.2) is 0 Å². The van der Waals surface area contributed by atoms with Gasteiger partial charge in [-0.3, -0.25) is 0 Å². The summed E-state index contributed by atoms with van der Waals surface area (Å²) in [5.41, 5.74) is 1.25. The van der Waals surface area contributed by atoms with E-state index in [0.29, 0.717) is 0 Å². The molecule has 15 heavy (non-hydrogen) atoms. The Balaban J connectivity index is 0.000000531. The van der Waals surface area contributed by atoms with E-state index in [-0.39, 0.29) is 0 Å². The van der Waals surface area contributed by atoms with Gasteiger partial charge in [0.25, 0.3) is 0 Å². The first-order valence-electron chi connectivity index (χ1n) is 5.79. The molecule has 2 heterocycles. The molecule has 1 aromatic heterocycles. The molecule has 0 spiro atoms. The summed E-state index contributed by atoms with van der Waals surface area (Å²) in [6.45, 7) is 6.36. The number of anilines is 2. The third kappa shape index (κ3) is 3.11. The van der Waals surface area contributed by atoms with Gasteiger partial charge < -0.3 is 10.2 Å². The maximum Gasteiger partial charge on any atom is 0.125 e. The predicted molar refractivity (Wildman–Crippen MR) is 66.6 cm³/mol. The first-order valence-corrected chi connectivity index (χ1v) is 5.79. The minimum Gasteiger partial charge on any atom is -0.373 e. The zero-order valence-corrected chi connectivity index (χ0v) is 9.95. The van der Waals surface area contributed by atoms with Gasteiger partial charge in [-0.15, -0.1) is 0 Å². The van der Waals surface area contributed by atoms with E-state index in [9.17, 15) is 0 Å². The molecule has 1 aromatic rings. The molecule has 0 aliphatic carbocycles. The molecule has 0 unspecified atom stereocenters. The van der Waals surface area contributed by atoms with Crippen LogP contribution in [0.1, 0.15) is 26.7 Å². The highest BCUT2D eigenvalue weighted by atomic mass is 15.1. The van der Waals surface area contributed by atoms with Gasteiger partial charge in [0.2, 0.25) is 0 Å². The van der Waals surface area contributed by atoms with Crippen molar-refractivity contribution in [2.75, 3.05) is 30.4 Å². The van der Waals surface area contributed by atoms with Crippen LogP contribution in [0.5, 0.6) is 0 Å². The lowest BCUT2D eigenvalue weighted by atomic mass is 10.3. The Morgan fingerprint density at radius 3 is 2.33 bits per heavy atom. The van der Waals surface area contributed by atoms with E-state index < -0.39 is 0 Å². The van der Waals surface area contributed by atoms with Gasteiger partial charge in [0.1, 0.15) is 5.82 Å². The molecule has 0 aromatic carbocycles. The van der Waals surface area contributed by atoms with E-state index in [1.165, 1.54) is 31.6 Å². The Labute approximate surface area is 92.5 Å². The van der Waals surface area contributed by atoms with Gasteiger partial charge in [-0.05, 0) is 25.0 Å². The Kier molecular flexibility index (Phi) is 4.95. The van der Waals surface area contributed by atoms with Gasteiger partial charge in [-0.25, -0.2) is 4.98 Å². The lowest BCUT2D eigenvalue weighted by Gasteiger charge is -2.16. The summed E-state index contributed by atoms with van der Waals surface area (Å²) in [5, 5.41) is 3.02. The minimum atomic E-state index is 0.933. The van der Waals surface area contributed by atoms with Gasteiger partial charge >= 0.3 is 0 Å². The van der Waals surface area contributed by atoms with Gasteiger partial charge in [0.05, 0.1) is 11.9 Å². The minimum absolute atomic E-state index is 0.933. The summed E-state index contributed by atoms with van der Waals surface area (Å²) >= 11 is 0. The molecule has 2 rings (SSSR count). The third-order valence-corrected chi connectivity index (χ3v) is 2.48. The lowest BCUT2D eigenvalue weighted by Crippen LogP contribution is -2.17. The van der Waals surface area contributed by atoms with Gasteiger partial charge in [-0.2, -0.15) is 0 Å². The van der Waals surface area contributed by atoms with Crippen molar-refractivity contribution in [3.8, 4) is 0 Å². The maximum absolute atomic E-state index is 4.29. The number of pyridine rings is 1. The monoisotopic (exact) mass is 207 g/mol. The van der Waals surface area contributed by atoms with Crippen molar-refractivity contribution < 1.29 is 0 Å². The zero-order chi connectivity index (χ0) is 11.1. The summed E-state index contributed by atoms with van der Waals surface area (Å²) < 4.78 is 0. The normalized spacial score (nSPS) is 14.5. The molecular formula is C12H21N3. The highest BCUT2D eigenvalue weighted by molar-refractivity contribution is 5.49. The largest absolute Gasteiger partial charge is 0.373 e. The van der Waals surface area contributed by atoms with Crippen molar-refractivity contribution in [1.82, 2.24) is 4.98 Å². The number of hydrogen-bond acceptors (Lipinski definition) is 3. The van der Waals surface area contributed by atoms with Crippen LogP contribution >= 0.6 is 0 Å². The molecule has 0 bridgehead atoms. The number of rotatable bonds is 2. The Bertz CT molecular complexity index is 263.